The minimum atomic E-state index is 0. The molecule has 124 valence electrons. The van der Waals surface area contributed by atoms with Crippen LogP contribution >= 0.6 is 24.0 Å². The largest absolute Gasteiger partial charge is 0.357 e. The molecular formula is C16H28IN5. The van der Waals surface area contributed by atoms with E-state index in [2.05, 4.69) is 26.7 Å². The Labute approximate surface area is 150 Å². The van der Waals surface area contributed by atoms with E-state index in [1.54, 1.807) is 0 Å². The summed E-state index contributed by atoms with van der Waals surface area (Å²) >= 11 is 0. The molecular weight excluding hydrogens is 389 g/mol. The summed E-state index contributed by atoms with van der Waals surface area (Å²) in [6.07, 6.45) is 12.7. The molecule has 3 rings (SSSR count). The molecule has 0 unspecified atom stereocenters. The molecule has 22 heavy (non-hydrogen) atoms. The highest BCUT2D eigenvalue weighted by atomic mass is 127. The first-order chi connectivity index (χ1) is 10.3. The van der Waals surface area contributed by atoms with E-state index in [4.69, 9.17) is 4.99 Å². The molecule has 1 saturated carbocycles. The second-order valence-corrected chi connectivity index (χ2v) is 6.41. The van der Waals surface area contributed by atoms with Crippen molar-refractivity contribution in [3.8, 4) is 0 Å². The zero-order valence-corrected chi connectivity index (χ0v) is 15.8. The minimum absolute atomic E-state index is 0. The van der Waals surface area contributed by atoms with Gasteiger partial charge in [-0.25, -0.2) is 4.98 Å². The molecule has 2 fully saturated rings. The van der Waals surface area contributed by atoms with Crippen molar-refractivity contribution in [2.24, 2.45) is 10.4 Å². The van der Waals surface area contributed by atoms with Gasteiger partial charge in [0.25, 0.3) is 0 Å². The molecule has 0 bridgehead atoms. The molecule has 1 aliphatic heterocycles. The zero-order chi connectivity index (χ0) is 14.5. The van der Waals surface area contributed by atoms with Crippen LogP contribution in [0.15, 0.2) is 23.7 Å². The monoisotopic (exact) mass is 417 g/mol. The first-order valence-electron chi connectivity index (χ1n) is 8.30. The summed E-state index contributed by atoms with van der Waals surface area (Å²) in [5.41, 5.74) is 0.598. The summed E-state index contributed by atoms with van der Waals surface area (Å²) in [4.78, 5) is 11.4. The van der Waals surface area contributed by atoms with E-state index in [9.17, 15) is 0 Å². The summed E-state index contributed by atoms with van der Waals surface area (Å²) in [6, 6.07) is 0. The number of nitrogens with zero attached hydrogens (tertiary/aromatic N) is 4. The summed E-state index contributed by atoms with van der Waals surface area (Å²) in [7, 11) is 0. The Morgan fingerprint density at radius 1 is 1.32 bits per heavy atom. The number of nitrogens with one attached hydrogen (secondary N) is 1. The molecule has 0 atom stereocenters. The normalized spacial score (nSPS) is 20.4. The van der Waals surface area contributed by atoms with Crippen molar-refractivity contribution in [3.05, 3.63) is 18.7 Å². The lowest BCUT2D eigenvalue weighted by Gasteiger charge is -2.26. The van der Waals surface area contributed by atoms with Crippen LogP contribution in [0.2, 0.25) is 0 Å². The van der Waals surface area contributed by atoms with E-state index in [0.29, 0.717) is 5.41 Å². The van der Waals surface area contributed by atoms with E-state index in [1.807, 2.05) is 18.7 Å². The van der Waals surface area contributed by atoms with Gasteiger partial charge in [0.2, 0.25) is 0 Å². The standard InChI is InChI=1S/C16H27N5.HI/c1-2-18-15(19-9-12-20-11-8-17-14-20)21-10-7-16(13-21)5-3-4-6-16;/h8,11,14H,2-7,9-10,12-13H2,1H3,(H,18,19);1H. The van der Waals surface area contributed by atoms with Crippen LogP contribution in [0.4, 0.5) is 0 Å². The first kappa shape index (κ1) is 17.6. The number of halogens is 1. The average Bonchev–Trinajstić information content (AvgIpc) is 3.22. The maximum absolute atomic E-state index is 4.81. The SMILES string of the molecule is CCNC(=NCCn1ccnc1)N1CCC2(CCCC2)C1.I. The Hall–Kier alpha value is -0.790. The van der Waals surface area contributed by atoms with Gasteiger partial charge in [-0.15, -0.1) is 24.0 Å². The van der Waals surface area contributed by atoms with Crippen molar-refractivity contribution in [1.82, 2.24) is 19.8 Å². The van der Waals surface area contributed by atoms with Crippen LogP contribution in [-0.4, -0.2) is 46.6 Å². The summed E-state index contributed by atoms with van der Waals surface area (Å²) in [5, 5.41) is 3.46. The van der Waals surface area contributed by atoms with Gasteiger partial charge in [-0.05, 0) is 31.6 Å². The van der Waals surface area contributed by atoms with Gasteiger partial charge in [-0.3, -0.25) is 4.99 Å². The van der Waals surface area contributed by atoms with Gasteiger partial charge >= 0.3 is 0 Å². The van der Waals surface area contributed by atoms with E-state index < -0.39 is 0 Å². The maximum atomic E-state index is 4.81. The van der Waals surface area contributed by atoms with Crippen LogP contribution in [0.25, 0.3) is 0 Å². The number of likely N-dealkylation sites (tertiary alicyclic amines) is 1. The minimum Gasteiger partial charge on any atom is -0.357 e. The molecule has 1 N–H and O–H groups in total. The second-order valence-electron chi connectivity index (χ2n) is 6.41. The Bertz CT molecular complexity index is 465. The summed E-state index contributed by atoms with van der Waals surface area (Å²) < 4.78 is 2.08. The Kier molecular flexibility index (Phi) is 6.52. The number of imidazole rings is 1. The lowest BCUT2D eigenvalue weighted by atomic mass is 9.86. The molecule has 1 aromatic rings. The summed E-state index contributed by atoms with van der Waals surface area (Å²) in [6.45, 7) is 7.15. The van der Waals surface area contributed by atoms with E-state index >= 15 is 0 Å². The van der Waals surface area contributed by atoms with Crippen LogP contribution in [0.3, 0.4) is 0 Å². The topological polar surface area (TPSA) is 45.5 Å². The van der Waals surface area contributed by atoms with Crippen molar-refractivity contribution in [2.45, 2.75) is 45.6 Å². The van der Waals surface area contributed by atoms with Gasteiger partial charge in [-0.1, -0.05) is 12.8 Å². The zero-order valence-electron chi connectivity index (χ0n) is 13.5. The van der Waals surface area contributed by atoms with Gasteiger partial charge in [0, 0.05) is 38.6 Å². The number of guanidine groups is 1. The molecule has 0 radical (unpaired) electrons. The van der Waals surface area contributed by atoms with Crippen molar-refractivity contribution >= 4 is 29.9 Å². The van der Waals surface area contributed by atoms with Crippen LogP contribution in [-0.2, 0) is 6.54 Å². The van der Waals surface area contributed by atoms with Crippen molar-refractivity contribution in [3.63, 3.8) is 0 Å². The molecule has 1 aromatic heterocycles. The van der Waals surface area contributed by atoms with Crippen LogP contribution in [0, 0.1) is 5.41 Å². The molecule has 5 nitrogen and oxygen atoms in total. The molecule has 0 aromatic carbocycles. The fourth-order valence-corrected chi connectivity index (χ4v) is 3.77. The van der Waals surface area contributed by atoms with E-state index in [1.165, 1.54) is 38.6 Å². The van der Waals surface area contributed by atoms with Crippen LogP contribution in [0.5, 0.6) is 0 Å². The fourth-order valence-electron chi connectivity index (χ4n) is 3.77. The molecule has 2 heterocycles. The van der Waals surface area contributed by atoms with Crippen molar-refractivity contribution < 1.29 is 0 Å². The van der Waals surface area contributed by atoms with Gasteiger partial charge < -0.3 is 14.8 Å². The number of hydrogen-bond donors (Lipinski definition) is 1. The Balaban J connectivity index is 0.00000176. The molecule has 0 amide bonds. The van der Waals surface area contributed by atoms with Gasteiger partial charge in [-0.2, -0.15) is 0 Å². The second kappa shape index (κ2) is 8.17. The predicted octanol–water partition coefficient (Wildman–Crippen LogP) is 2.73. The molecule has 1 aliphatic carbocycles. The first-order valence-corrected chi connectivity index (χ1v) is 8.30. The number of hydrogen-bond acceptors (Lipinski definition) is 2. The highest BCUT2D eigenvalue weighted by molar-refractivity contribution is 14.0. The Morgan fingerprint density at radius 2 is 2.14 bits per heavy atom. The van der Waals surface area contributed by atoms with Crippen molar-refractivity contribution in [2.75, 3.05) is 26.2 Å². The maximum Gasteiger partial charge on any atom is 0.193 e. The van der Waals surface area contributed by atoms with E-state index in [0.717, 1.165) is 32.1 Å². The van der Waals surface area contributed by atoms with Crippen LogP contribution < -0.4 is 5.32 Å². The van der Waals surface area contributed by atoms with Crippen LogP contribution in [0.1, 0.15) is 39.0 Å². The van der Waals surface area contributed by atoms with Gasteiger partial charge in [0.05, 0.1) is 12.9 Å². The Morgan fingerprint density at radius 3 is 2.82 bits per heavy atom. The molecule has 1 spiro atoms. The molecule has 6 heteroatoms. The van der Waals surface area contributed by atoms with E-state index in [-0.39, 0.29) is 24.0 Å². The summed E-state index contributed by atoms with van der Waals surface area (Å²) in [5.74, 6) is 1.10. The number of aliphatic imine (C=N–C) groups is 1. The van der Waals surface area contributed by atoms with Gasteiger partial charge in [0.1, 0.15) is 0 Å². The third kappa shape index (κ3) is 4.14. The third-order valence-electron chi connectivity index (χ3n) is 4.92. The quantitative estimate of drug-likeness (QED) is 0.466. The van der Waals surface area contributed by atoms with Gasteiger partial charge in [0.15, 0.2) is 5.96 Å². The third-order valence-corrected chi connectivity index (χ3v) is 4.92. The molecule has 2 aliphatic rings. The van der Waals surface area contributed by atoms with Crippen molar-refractivity contribution in [1.29, 1.82) is 0 Å². The number of aromatic nitrogens is 2. The highest BCUT2D eigenvalue weighted by Gasteiger charge is 2.40. The number of rotatable bonds is 4. The highest BCUT2D eigenvalue weighted by Crippen LogP contribution is 2.45. The fraction of sp³-hybridized carbons (Fsp3) is 0.750. The smallest absolute Gasteiger partial charge is 0.193 e. The predicted molar refractivity (Wildman–Crippen MR) is 101 cm³/mol. The lowest BCUT2D eigenvalue weighted by Crippen LogP contribution is -2.41. The molecule has 1 saturated heterocycles. The average molecular weight is 417 g/mol. The lowest BCUT2D eigenvalue weighted by molar-refractivity contribution is 0.309.